The van der Waals surface area contributed by atoms with Crippen molar-refractivity contribution in [2.45, 2.75) is 12.8 Å². The summed E-state index contributed by atoms with van der Waals surface area (Å²) in [6.45, 7) is 1.53. The minimum absolute atomic E-state index is 0.0944. The Labute approximate surface area is 133 Å². The van der Waals surface area contributed by atoms with Crippen molar-refractivity contribution in [3.05, 3.63) is 47.2 Å². The highest BCUT2D eigenvalue weighted by Gasteiger charge is 2.47. The highest BCUT2D eigenvalue weighted by Crippen LogP contribution is 2.41. The van der Waals surface area contributed by atoms with Crippen molar-refractivity contribution < 1.29 is 24.2 Å². The SMILES string of the molecule is CC1=C(C(=O)OCCO)C(c2ccccc2)C2C(=O)OCC2=N1. The van der Waals surface area contributed by atoms with Gasteiger partial charge in [-0.1, -0.05) is 30.3 Å². The first kappa shape index (κ1) is 15.4. The average molecular weight is 315 g/mol. The van der Waals surface area contributed by atoms with Crippen LogP contribution in [0.1, 0.15) is 18.4 Å². The van der Waals surface area contributed by atoms with Crippen molar-refractivity contribution in [3.8, 4) is 0 Å². The second-order valence-corrected chi connectivity index (χ2v) is 5.44. The van der Waals surface area contributed by atoms with Crippen LogP contribution in [0.25, 0.3) is 0 Å². The third-order valence-electron chi connectivity index (χ3n) is 4.02. The number of allylic oxidation sites excluding steroid dienone is 1. The number of benzene rings is 1. The number of ether oxygens (including phenoxy) is 2. The van der Waals surface area contributed by atoms with E-state index in [1.54, 1.807) is 6.92 Å². The van der Waals surface area contributed by atoms with Gasteiger partial charge in [-0.3, -0.25) is 9.79 Å². The number of aliphatic imine (C=N–C) groups is 1. The van der Waals surface area contributed by atoms with Crippen LogP contribution in [0.15, 0.2) is 46.6 Å². The van der Waals surface area contributed by atoms with Gasteiger partial charge >= 0.3 is 11.9 Å². The molecule has 0 aromatic heterocycles. The molecule has 0 saturated carbocycles. The van der Waals surface area contributed by atoms with Gasteiger partial charge in [0.15, 0.2) is 0 Å². The Hall–Kier alpha value is -2.47. The molecule has 2 atom stereocenters. The molecule has 2 unspecified atom stereocenters. The summed E-state index contributed by atoms with van der Waals surface area (Å²) in [5, 5.41) is 8.86. The normalized spacial score (nSPS) is 23.2. The smallest absolute Gasteiger partial charge is 0.336 e. The molecule has 1 aromatic carbocycles. The summed E-state index contributed by atoms with van der Waals surface area (Å²) in [6, 6.07) is 9.31. The van der Waals surface area contributed by atoms with E-state index >= 15 is 0 Å². The van der Waals surface area contributed by atoms with E-state index in [-0.39, 0.29) is 25.8 Å². The summed E-state index contributed by atoms with van der Waals surface area (Å²) >= 11 is 0. The van der Waals surface area contributed by atoms with Gasteiger partial charge in [0.2, 0.25) is 0 Å². The highest BCUT2D eigenvalue weighted by molar-refractivity contribution is 6.12. The number of hydrogen-bond acceptors (Lipinski definition) is 6. The number of carbonyl (C=O) groups excluding carboxylic acids is 2. The van der Waals surface area contributed by atoms with Crippen molar-refractivity contribution in [3.63, 3.8) is 0 Å². The van der Waals surface area contributed by atoms with E-state index < -0.39 is 17.8 Å². The van der Waals surface area contributed by atoms with Gasteiger partial charge in [0.1, 0.15) is 19.1 Å². The molecule has 3 rings (SSSR count). The molecule has 0 bridgehead atoms. The number of aliphatic hydroxyl groups excluding tert-OH is 1. The van der Waals surface area contributed by atoms with Crippen molar-refractivity contribution in [2.75, 3.05) is 19.8 Å². The Bertz CT molecular complexity index is 692. The molecule has 0 spiro atoms. The van der Waals surface area contributed by atoms with Crippen molar-refractivity contribution in [1.82, 2.24) is 0 Å². The third-order valence-corrected chi connectivity index (χ3v) is 4.02. The van der Waals surface area contributed by atoms with Gasteiger partial charge in [0.05, 0.1) is 17.9 Å². The van der Waals surface area contributed by atoms with Gasteiger partial charge in [-0.25, -0.2) is 4.79 Å². The quantitative estimate of drug-likeness (QED) is 0.844. The first-order valence-corrected chi connectivity index (χ1v) is 7.41. The molecule has 1 N–H and O–H groups in total. The Kier molecular flexibility index (Phi) is 4.25. The van der Waals surface area contributed by atoms with Crippen LogP contribution in [0.4, 0.5) is 0 Å². The average Bonchev–Trinajstić information content (AvgIpc) is 2.93. The van der Waals surface area contributed by atoms with E-state index in [1.807, 2.05) is 30.3 Å². The van der Waals surface area contributed by atoms with Crippen LogP contribution in [0.5, 0.6) is 0 Å². The van der Waals surface area contributed by atoms with Gasteiger partial charge in [-0.05, 0) is 12.5 Å². The molecule has 2 aliphatic rings. The van der Waals surface area contributed by atoms with Crippen molar-refractivity contribution in [2.24, 2.45) is 10.9 Å². The number of aliphatic hydroxyl groups is 1. The number of cyclic esters (lactones) is 1. The molecule has 120 valence electrons. The van der Waals surface area contributed by atoms with Crippen molar-refractivity contribution >= 4 is 17.7 Å². The van der Waals surface area contributed by atoms with E-state index in [9.17, 15) is 9.59 Å². The second kappa shape index (κ2) is 6.34. The zero-order chi connectivity index (χ0) is 16.4. The molecule has 6 nitrogen and oxygen atoms in total. The van der Waals surface area contributed by atoms with Crippen LogP contribution >= 0.6 is 0 Å². The lowest BCUT2D eigenvalue weighted by Crippen LogP contribution is -2.32. The van der Waals surface area contributed by atoms with Crippen LogP contribution in [-0.4, -0.2) is 42.6 Å². The minimum atomic E-state index is -0.599. The Morgan fingerprint density at radius 2 is 2.09 bits per heavy atom. The van der Waals surface area contributed by atoms with Gasteiger partial charge in [0, 0.05) is 11.6 Å². The van der Waals surface area contributed by atoms with Gasteiger partial charge in [0.25, 0.3) is 0 Å². The lowest BCUT2D eigenvalue weighted by molar-refractivity contribution is -0.142. The van der Waals surface area contributed by atoms with Gasteiger partial charge in [-0.2, -0.15) is 0 Å². The molecule has 0 amide bonds. The van der Waals surface area contributed by atoms with Crippen LogP contribution in [-0.2, 0) is 19.1 Å². The standard InChI is InChI=1S/C17H17NO5/c1-10-13(16(20)22-8-7-19)14(11-5-3-2-4-6-11)15-12(18-10)9-23-17(15)21/h2-6,14-15,19H,7-9H2,1H3. The van der Waals surface area contributed by atoms with E-state index in [1.165, 1.54) is 0 Å². The maximum atomic E-state index is 12.4. The summed E-state index contributed by atoms with van der Waals surface area (Å²) in [4.78, 5) is 29.0. The second-order valence-electron chi connectivity index (χ2n) is 5.44. The van der Waals surface area contributed by atoms with Crippen LogP contribution in [0, 0.1) is 5.92 Å². The van der Waals surface area contributed by atoms with Gasteiger partial charge in [-0.15, -0.1) is 0 Å². The molecular formula is C17H17NO5. The van der Waals surface area contributed by atoms with E-state index in [4.69, 9.17) is 14.6 Å². The number of fused-ring (bicyclic) bond motifs is 1. The molecule has 6 heteroatoms. The molecule has 0 aliphatic carbocycles. The summed E-state index contributed by atoms with van der Waals surface area (Å²) < 4.78 is 10.2. The van der Waals surface area contributed by atoms with Gasteiger partial charge < -0.3 is 14.6 Å². The van der Waals surface area contributed by atoms with Crippen molar-refractivity contribution in [1.29, 1.82) is 0 Å². The molecule has 2 aliphatic heterocycles. The molecular weight excluding hydrogens is 298 g/mol. The van der Waals surface area contributed by atoms with Crippen LogP contribution in [0.2, 0.25) is 0 Å². The lowest BCUT2D eigenvalue weighted by Gasteiger charge is -2.28. The number of hydrogen-bond donors (Lipinski definition) is 1. The fourth-order valence-electron chi connectivity index (χ4n) is 3.07. The molecule has 23 heavy (non-hydrogen) atoms. The van der Waals surface area contributed by atoms with E-state index in [2.05, 4.69) is 4.99 Å². The number of carbonyl (C=O) groups is 2. The fraction of sp³-hybridized carbons (Fsp3) is 0.353. The number of nitrogens with zero attached hydrogens (tertiary/aromatic N) is 1. The van der Waals surface area contributed by atoms with Crippen LogP contribution in [0.3, 0.4) is 0 Å². The predicted molar refractivity (Wildman–Crippen MR) is 81.8 cm³/mol. The largest absolute Gasteiger partial charge is 0.460 e. The Balaban J connectivity index is 2.07. The number of rotatable bonds is 4. The van der Waals surface area contributed by atoms with E-state index in [0.717, 1.165) is 5.56 Å². The first-order chi connectivity index (χ1) is 11.1. The maximum absolute atomic E-state index is 12.4. The predicted octanol–water partition coefficient (Wildman–Crippen LogP) is 1.21. The molecule has 2 heterocycles. The lowest BCUT2D eigenvalue weighted by atomic mass is 9.76. The Morgan fingerprint density at radius 1 is 1.35 bits per heavy atom. The number of esters is 2. The summed E-state index contributed by atoms with van der Waals surface area (Å²) in [7, 11) is 0. The summed E-state index contributed by atoms with van der Waals surface area (Å²) in [6.07, 6.45) is 0. The summed E-state index contributed by atoms with van der Waals surface area (Å²) in [5.41, 5.74) is 2.34. The monoisotopic (exact) mass is 315 g/mol. The molecule has 1 fully saturated rings. The molecule has 0 radical (unpaired) electrons. The fourth-order valence-corrected chi connectivity index (χ4v) is 3.07. The molecule has 1 saturated heterocycles. The first-order valence-electron chi connectivity index (χ1n) is 7.41. The van der Waals surface area contributed by atoms with E-state index in [0.29, 0.717) is 17.0 Å². The Morgan fingerprint density at radius 3 is 2.78 bits per heavy atom. The zero-order valence-electron chi connectivity index (χ0n) is 12.7. The minimum Gasteiger partial charge on any atom is -0.460 e. The highest BCUT2D eigenvalue weighted by atomic mass is 16.5. The zero-order valence-corrected chi connectivity index (χ0v) is 12.7. The topological polar surface area (TPSA) is 85.2 Å². The molecule has 1 aromatic rings. The maximum Gasteiger partial charge on any atom is 0.336 e. The van der Waals surface area contributed by atoms with Crippen LogP contribution < -0.4 is 0 Å². The summed E-state index contributed by atoms with van der Waals surface area (Å²) in [5.74, 6) is -2.02. The third kappa shape index (κ3) is 2.77.